The Bertz CT molecular complexity index is 1760. The molecule has 0 fully saturated rings. The number of pyridine rings is 1. The Morgan fingerprint density at radius 1 is 1.02 bits per heavy atom. The summed E-state index contributed by atoms with van der Waals surface area (Å²) in [6.07, 6.45) is 4.33. The van der Waals surface area contributed by atoms with Crippen LogP contribution < -0.4 is 18.9 Å². The molecule has 2 heterocycles. The minimum absolute atomic E-state index is 0.132. The van der Waals surface area contributed by atoms with E-state index >= 15 is 0 Å². The lowest BCUT2D eigenvalue weighted by Crippen LogP contribution is -2.19. The first-order valence-corrected chi connectivity index (χ1v) is 14.4. The monoisotopic (exact) mass is 607 g/mol. The summed E-state index contributed by atoms with van der Waals surface area (Å²) in [6.45, 7) is 5.08. The number of fused-ring (bicyclic) bond motifs is 1. The topological polar surface area (TPSA) is 143 Å². The molecule has 0 saturated carbocycles. The first-order valence-electron chi connectivity index (χ1n) is 14.4. The molecule has 1 atom stereocenters. The van der Waals surface area contributed by atoms with Gasteiger partial charge in [-0.05, 0) is 65.9 Å². The van der Waals surface area contributed by atoms with E-state index in [0.717, 1.165) is 39.3 Å². The summed E-state index contributed by atoms with van der Waals surface area (Å²) in [5.41, 5.74) is 6.87. The summed E-state index contributed by atoms with van der Waals surface area (Å²) < 4.78 is 23.9. The Labute approximate surface area is 261 Å². The van der Waals surface area contributed by atoms with Gasteiger partial charge in [0.1, 0.15) is 49.9 Å². The third kappa shape index (κ3) is 7.58. The molecule has 45 heavy (non-hydrogen) atoms. The Hall–Kier alpha value is -5.40. The summed E-state index contributed by atoms with van der Waals surface area (Å²) in [5.74, 6) is 0.332. The number of ether oxygens (including phenoxy) is 4. The standard InChI is InChI=1S/C35H33N3O7/c1-22-10-28(17-38-18-29(19-39)35(40)41)33(44-20-25-11-24(14-36)15-37-16-25)13-32(22)45-21-27-4-3-5-30(23(27)2)26-6-7-31-34(12-26)43-9-8-42-31/h3-7,10-13,15-16,18,29,39H,8-9,17,19-21H2,1-2H3,(H,40,41). The lowest BCUT2D eigenvalue weighted by Gasteiger charge is -2.20. The van der Waals surface area contributed by atoms with Gasteiger partial charge in [0.2, 0.25) is 0 Å². The van der Waals surface area contributed by atoms with Crippen molar-refractivity contribution in [3.8, 4) is 40.2 Å². The van der Waals surface area contributed by atoms with E-state index in [1.165, 1.54) is 12.4 Å². The molecule has 1 aliphatic heterocycles. The number of hydrogen-bond donors (Lipinski definition) is 2. The van der Waals surface area contributed by atoms with E-state index < -0.39 is 18.5 Å². The van der Waals surface area contributed by atoms with Crippen molar-refractivity contribution in [2.24, 2.45) is 10.9 Å². The molecule has 230 valence electrons. The second-order valence-corrected chi connectivity index (χ2v) is 10.6. The van der Waals surface area contributed by atoms with Crippen molar-refractivity contribution in [1.29, 1.82) is 5.26 Å². The number of aromatic nitrogens is 1. The van der Waals surface area contributed by atoms with Crippen molar-refractivity contribution in [3.05, 3.63) is 100 Å². The molecule has 1 unspecified atom stereocenters. The fourth-order valence-electron chi connectivity index (χ4n) is 4.92. The maximum Gasteiger partial charge on any atom is 0.314 e. The smallest absolute Gasteiger partial charge is 0.314 e. The molecule has 10 nitrogen and oxygen atoms in total. The number of carboxylic acids is 1. The molecule has 1 aliphatic rings. The first-order chi connectivity index (χ1) is 21.9. The molecule has 0 saturated heterocycles. The predicted octanol–water partition coefficient (Wildman–Crippen LogP) is 5.43. The van der Waals surface area contributed by atoms with E-state index in [9.17, 15) is 20.3 Å². The van der Waals surface area contributed by atoms with Crippen molar-refractivity contribution < 1.29 is 34.0 Å². The molecule has 3 aromatic carbocycles. The zero-order valence-corrected chi connectivity index (χ0v) is 25.0. The maximum absolute atomic E-state index is 11.3. The van der Waals surface area contributed by atoms with Crippen molar-refractivity contribution in [1.82, 2.24) is 4.98 Å². The third-order valence-corrected chi connectivity index (χ3v) is 7.42. The van der Waals surface area contributed by atoms with Crippen LogP contribution in [0.2, 0.25) is 0 Å². The Kier molecular flexibility index (Phi) is 9.92. The van der Waals surface area contributed by atoms with Crippen LogP contribution in [0, 0.1) is 31.1 Å². The van der Waals surface area contributed by atoms with Gasteiger partial charge in [-0.15, -0.1) is 0 Å². The molecule has 4 aromatic rings. The minimum atomic E-state index is -1.16. The number of aliphatic carboxylic acids is 1. The highest BCUT2D eigenvalue weighted by Gasteiger charge is 2.17. The number of nitrogens with zero attached hydrogens (tertiary/aromatic N) is 3. The molecule has 0 radical (unpaired) electrons. The predicted molar refractivity (Wildman–Crippen MR) is 167 cm³/mol. The number of aliphatic hydroxyl groups is 1. The molecule has 2 N–H and O–H groups in total. The van der Waals surface area contributed by atoms with E-state index in [1.807, 2.05) is 43.3 Å². The summed E-state index contributed by atoms with van der Waals surface area (Å²) in [7, 11) is 0. The number of hydrogen-bond acceptors (Lipinski definition) is 9. The van der Waals surface area contributed by atoms with E-state index in [4.69, 9.17) is 18.9 Å². The highest BCUT2D eigenvalue weighted by Crippen LogP contribution is 2.37. The van der Waals surface area contributed by atoms with Crippen molar-refractivity contribution in [2.75, 3.05) is 19.8 Å². The van der Waals surface area contributed by atoms with Crippen LogP contribution in [0.3, 0.4) is 0 Å². The zero-order chi connectivity index (χ0) is 31.8. The number of aliphatic imine (C=N–C) groups is 1. The van der Waals surface area contributed by atoms with Gasteiger partial charge >= 0.3 is 5.97 Å². The van der Waals surface area contributed by atoms with Gasteiger partial charge in [0.25, 0.3) is 0 Å². The second-order valence-electron chi connectivity index (χ2n) is 10.6. The number of carboxylic acid groups (broad SMARTS) is 1. The summed E-state index contributed by atoms with van der Waals surface area (Å²) in [4.78, 5) is 19.6. The van der Waals surface area contributed by atoms with Crippen LogP contribution in [0.25, 0.3) is 11.1 Å². The van der Waals surface area contributed by atoms with E-state index in [0.29, 0.717) is 48.0 Å². The van der Waals surface area contributed by atoms with Crippen LogP contribution in [-0.2, 0) is 24.6 Å². The van der Waals surface area contributed by atoms with Crippen LogP contribution in [-0.4, -0.2) is 47.2 Å². The highest BCUT2D eigenvalue weighted by atomic mass is 16.6. The largest absolute Gasteiger partial charge is 0.488 e. The van der Waals surface area contributed by atoms with Gasteiger partial charge in [0.15, 0.2) is 11.5 Å². The average Bonchev–Trinajstić information content (AvgIpc) is 3.06. The van der Waals surface area contributed by atoms with Crippen LogP contribution in [0.1, 0.15) is 33.4 Å². The zero-order valence-electron chi connectivity index (χ0n) is 25.0. The minimum Gasteiger partial charge on any atom is -0.488 e. The first kappa shape index (κ1) is 31.0. The average molecular weight is 608 g/mol. The van der Waals surface area contributed by atoms with Gasteiger partial charge in [-0.3, -0.25) is 14.8 Å². The lowest BCUT2D eigenvalue weighted by atomic mass is 9.96. The Morgan fingerprint density at radius 2 is 1.82 bits per heavy atom. The quantitative estimate of drug-likeness (QED) is 0.202. The lowest BCUT2D eigenvalue weighted by molar-refractivity contribution is -0.140. The van der Waals surface area contributed by atoms with Gasteiger partial charge in [-0.1, -0.05) is 24.3 Å². The molecule has 0 bridgehead atoms. The normalized spacial score (nSPS) is 12.8. The summed E-state index contributed by atoms with van der Waals surface area (Å²) >= 11 is 0. The maximum atomic E-state index is 11.3. The molecule has 5 rings (SSSR count). The molecule has 10 heteroatoms. The van der Waals surface area contributed by atoms with Crippen LogP contribution >= 0.6 is 0 Å². The van der Waals surface area contributed by atoms with Gasteiger partial charge in [0.05, 0.1) is 18.7 Å². The van der Waals surface area contributed by atoms with Gasteiger partial charge in [-0.2, -0.15) is 5.26 Å². The fraction of sp³-hybridized carbons (Fsp3) is 0.257. The van der Waals surface area contributed by atoms with Crippen LogP contribution in [0.4, 0.5) is 0 Å². The van der Waals surface area contributed by atoms with Crippen molar-refractivity contribution in [3.63, 3.8) is 0 Å². The van der Waals surface area contributed by atoms with E-state index in [1.54, 1.807) is 18.3 Å². The van der Waals surface area contributed by atoms with Crippen molar-refractivity contribution in [2.45, 2.75) is 33.6 Å². The molecule has 0 amide bonds. The number of nitriles is 1. The number of aryl methyl sites for hydroxylation is 1. The molecule has 0 spiro atoms. The molecule has 0 aliphatic carbocycles. The number of rotatable bonds is 12. The van der Waals surface area contributed by atoms with Crippen LogP contribution in [0.15, 0.2) is 72.0 Å². The SMILES string of the molecule is Cc1cc(CN=CC(CO)C(=O)O)c(OCc2cncc(C#N)c2)cc1OCc1cccc(-c2ccc3c(c2)OCCO3)c1C. The van der Waals surface area contributed by atoms with Gasteiger partial charge in [-0.25, -0.2) is 0 Å². The molecular weight excluding hydrogens is 574 g/mol. The summed E-state index contributed by atoms with van der Waals surface area (Å²) in [6, 6.07) is 19.5. The highest BCUT2D eigenvalue weighted by molar-refractivity contribution is 5.88. The third-order valence-electron chi connectivity index (χ3n) is 7.42. The Morgan fingerprint density at radius 3 is 2.60 bits per heavy atom. The van der Waals surface area contributed by atoms with E-state index in [2.05, 4.69) is 29.0 Å². The summed E-state index contributed by atoms with van der Waals surface area (Å²) in [5, 5.41) is 27.8. The van der Waals surface area contributed by atoms with Gasteiger partial charge in [0, 0.05) is 35.8 Å². The Balaban J connectivity index is 1.38. The number of aliphatic hydroxyl groups excluding tert-OH is 1. The number of benzene rings is 3. The fourth-order valence-corrected chi connectivity index (χ4v) is 4.92. The molecular formula is C35H33N3O7. The van der Waals surface area contributed by atoms with Gasteiger partial charge < -0.3 is 29.2 Å². The van der Waals surface area contributed by atoms with Crippen molar-refractivity contribution >= 4 is 12.2 Å². The van der Waals surface area contributed by atoms with E-state index in [-0.39, 0.29) is 13.2 Å². The van der Waals surface area contributed by atoms with Crippen LogP contribution in [0.5, 0.6) is 23.0 Å². The second kappa shape index (κ2) is 14.4. The molecule has 1 aromatic heterocycles. The number of carbonyl (C=O) groups is 1.